The summed E-state index contributed by atoms with van der Waals surface area (Å²) in [6.07, 6.45) is 5.11. The van der Waals surface area contributed by atoms with Crippen LogP contribution in [0.1, 0.15) is 55.5 Å². The number of rotatable bonds is 4. The highest BCUT2D eigenvalue weighted by atomic mass is 16.5. The molecule has 92 valence electrons. The molecule has 1 atom stereocenters. The molecule has 0 bridgehead atoms. The van der Waals surface area contributed by atoms with E-state index in [0.29, 0.717) is 6.42 Å². The topological polar surface area (TPSA) is 26.3 Å². The van der Waals surface area contributed by atoms with Crippen molar-refractivity contribution >= 4 is 5.78 Å². The minimum Gasteiger partial charge on any atom is -0.491 e. The van der Waals surface area contributed by atoms with E-state index in [1.165, 1.54) is 0 Å². The van der Waals surface area contributed by atoms with Crippen LogP contribution in [0, 0.1) is 0 Å². The van der Waals surface area contributed by atoms with Crippen molar-refractivity contribution in [2.45, 2.75) is 52.1 Å². The second-order valence-electron chi connectivity index (χ2n) is 4.81. The maximum atomic E-state index is 11.7. The number of aryl methyl sites for hydroxylation is 1. The first kappa shape index (κ1) is 12.2. The Hall–Kier alpha value is -1.31. The lowest BCUT2D eigenvalue weighted by atomic mass is 9.90. The van der Waals surface area contributed by atoms with Crippen LogP contribution in [0.25, 0.3) is 0 Å². The van der Waals surface area contributed by atoms with Gasteiger partial charge in [-0.25, -0.2) is 0 Å². The molecular weight excluding hydrogens is 212 g/mol. The van der Waals surface area contributed by atoms with Crippen LogP contribution in [-0.2, 0) is 6.42 Å². The number of fused-ring (bicyclic) bond motifs is 1. The lowest BCUT2D eigenvalue weighted by molar-refractivity contribution is 0.0972. The quantitative estimate of drug-likeness (QED) is 0.789. The highest BCUT2D eigenvalue weighted by molar-refractivity contribution is 5.98. The number of Topliss-reactive ketones (excluding diaryl/α,β-unsaturated/α-hetero) is 1. The molecule has 0 spiro atoms. The van der Waals surface area contributed by atoms with Gasteiger partial charge in [0.1, 0.15) is 5.75 Å². The average Bonchev–Trinajstić information content (AvgIpc) is 2.29. The second-order valence-corrected chi connectivity index (χ2v) is 4.81. The van der Waals surface area contributed by atoms with E-state index >= 15 is 0 Å². The Bertz CT molecular complexity index is 409. The van der Waals surface area contributed by atoms with Crippen molar-refractivity contribution in [1.29, 1.82) is 0 Å². The monoisotopic (exact) mass is 232 g/mol. The Morgan fingerprint density at radius 3 is 2.94 bits per heavy atom. The summed E-state index contributed by atoms with van der Waals surface area (Å²) >= 11 is 0. The molecule has 0 amide bonds. The largest absolute Gasteiger partial charge is 0.491 e. The zero-order chi connectivity index (χ0) is 12.3. The van der Waals surface area contributed by atoms with Gasteiger partial charge >= 0.3 is 0 Å². The van der Waals surface area contributed by atoms with Crippen LogP contribution >= 0.6 is 0 Å². The third-order valence-corrected chi connectivity index (χ3v) is 3.26. The molecule has 1 aliphatic carbocycles. The Kier molecular flexibility index (Phi) is 3.82. The van der Waals surface area contributed by atoms with Crippen LogP contribution in [0.2, 0.25) is 0 Å². The smallest absolute Gasteiger partial charge is 0.163 e. The van der Waals surface area contributed by atoms with Gasteiger partial charge in [0.25, 0.3) is 0 Å². The molecule has 0 heterocycles. The van der Waals surface area contributed by atoms with Gasteiger partial charge in [0, 0.05) is 12.0 Å². The van der Waals surface area contributed by atoms with E-state index in [4.69, 9.17) is 4.74 Å². The lowest BCUT2D eigenvalue weighted by Crippen LogP contribution is -2.13. The molecule has 1 aliphatic rings. The summed E-state index contributed by atoms with van der Waals surface area (Å²) < 4.78 is 5.84. The molecule has 1 aromatic rings. The first-order valence-corrected chi connectivity index (χ1v) is 6.53. The van der Waals surface area contributed by atoms with Gasteiger partial charge < -0.3 is 4.74 Å². The summed E-state index contributed by atoms with van der Waals surface area (Å²) in [7, 11) is 0. The summed E-state index contributed by atoms with van der Waals surface area (Å²) in [6, 6.07) is 5.89. The van der Waals surface area contributed by atoms with Crippen molar-refractivity contribution in [1.82, 2.24) is 0 Å². The molecule has 0 aliphatic heterocycles. The molecule has 2 nitrogen and oxygen atoms in total. The van der Waals surface area contributed by atoms with Gasteiger partial charge in [0.2, 0.25) is 0 Å². The molecule has 0 N–H and O–H groups in total. The summed E-state index contributed by atoms with van der Waals surface area (Å²) in [5.41, 5.74) is 2.05. The predicted octanol–water partition coefficient (Wildman–Crippen LogP) is 3.77. The van der Waals surface area contributed by atoms with Gasteiger partial charge in [-0.05, 0) is 49.9 Å². The van der Waals surface area contributed by atoms with Crippen LogP contribution in [0.15, 0.2) is 18.2 Å². The van der Waals surface area contributed by atoms with Gasteiger partial charge in [0.05, 0.1) is 6.10 Å². The van der Waals surface area contributed by atoms with Gasteiger partial charge in [-0.2, -0.15) is 0 Å². The Morgan fingerprint density at radius 1 is 1.35 bits per heavy atom. The van der Waals surface area contributed by atoms with Crippen molar-refractivity contribution in [2.75, 3.05) is 0 Å². The Morgan fingerprint density at radius 2 is 2.18 bits per heavy atom. The molecule has 0 saturated heterocycles. The molecule has 17 heavy (non-hydrogen) atoms. The lowest BCUT2D eigenvalue weighted by Gasteiger charge is -2.18. The van der Waals surface area contributed by atoms with Crippen LogP contribution < -0.4 is 4.74 Å². The minimum absolute atomic E-state index is 0.248. The first-order chi connectivity index (χ1) is 8.20. The molecule has 0 radical (unpaired) electrons. The van der Waals surface area contributed by atoms with Crippen molar-refractivity contribution in [3.05, 3.63) is 29.3 Å². The fraction of sp³-hybridized carbons (Fsp3) is 0.533. The van der Waals surface area contributed by atoms with E-state index in [1.807, 2.05) is 18.2 Å². The summed E-state index contributed by atoms with van der Waals surface area (Å²) in [4.78, 5) is 11.7. The first-order valence-electron chi connectivity index (χ1n) is 6.53. The van der Waals surface area contributed by atoms with Gasteiger partial charge in [-0.3, -0.25) is 4.79 Å². The fourth-order valence-electron chi connectivity index (χ4n) is 2.39. The molecule has 0 saturated carbocycles. The van der Waals surface area contributed by atoms with Crippen molar-refractivity contribution < 1.29 is 9.53 Å². The van der Waals surface area contributed by atoms with Crippen LogP contribution in [0.4, 0.5) is 0 Å². The van der Waals surface area contributed by atoms with E-state index in [-0.39, 0.29) is 11.9 Å². The normalized spacial score (nSPS) is 16.5. The van der Waals surface area contributed by atoms with E-state index in [1.54, 1.807) is 0 Å². The van der Waals surface area contributed by atoms with Crippen LogP contribution in [-0.4, -0.2) is 11.9 Å². The number of ketones is 1. The molecule has 2 rings (SSSR count). The van der Waals surface area contributed by atoms with Gasteiger partial charge in [-0.1, -0.05) is 13.3 Å². The maximum absolute atomic E-state index is 11.7. The summed E-state index contributed by atoms with van der Waals surface area (Å²) in [5, 5.41) is 0. The van der Waals surface area contributed by atoms with Gasteiger partial charge in [0.15, 0.2) is 5.78 Å². The van der Waals surface area contributed by atoms with E-state index < -0.39 is 0 Å². The molecular formula is C15H20O2. The standard InChI is InChI=1S/C15H20O2/c1-3-5-11(2)17-13-8-9-14-12(10-13)6-4-7-15(14)16/h8-11H,3-7H2,1-2H3. The highest BCUT2D eigenvalue weighted by Crippen LogP contribution is 2.26. The highest BCUT2D eigenvalue weighted by Gasteiger charge is 2.17. The number of hydrogen-bond acceptors (Lipinski definition) is 2. The predicted molar refractivity (Wildman–Crippen MR) is 68.7 cm³/mol. The molecule has 0 aromatic heterocycles. The van der Waals surface area contributed by atoms with Gasteiger partial charge in [-0.15, -0.1) is 0 Å². The fourth-order valence-corrected chi connectivity index (χ4v) is 2.39. The summed E-state index contributed by atoms with van der Waals surface area (Å²) in [6.45, 7) is 4.25. The third kappa shape index (κ3) is 2.87. The van der Waals surface area contributed by atoms with Crippen molar-refractivity contribution in [3.63, 3.8) is 0 Å². The number of ether oxygens (including phenoxy) is 1. The van der Waals surface area contributed by atoms with E-state index in [2.05, 4.69) is 13.8 Å². The SMILES string of the molecule is CCCC(C)Oc1ccc2c(c1)CCCC2=O. The minimum atomic E-state index is 0.248. The average molecular weight is 232 g/mol. The zero-order valence-corrected chi connectivity index (χ0v) is 10.7. The molecule has 1 aromatic carbocycles. The maximum Gasteiger partial charge on any atom is 0.163 e. The second kappa shape index (κ2) is 5.35. The van der Waals surface area contributed by atoms with E-state index in [9.17, 15) is 4.79 Å². The number of carbonyl (C=O) groups is 1. The van der Waals surface area contributed by atoms with Crippen LogP contribution in [0.3, 0.4) is 0 Å². The Labute approximate surface area is 103 Å². The number of benzene rings is 1. The summed E-state index contributed by atoms with van der Waals surface area (Å²) in [5.74, 6) is 1.18. The molecule has 2 heteroatoms. The molecule has 1 unspecified atom stereocenters. The third-order valence-electron chi connectivity index (χ3n) is 3.26. The van der Waals surface area contributed by atoms with Crippen LogP contribution in [0.5, 0.6) is 5.75 Å². The molecule has 0 fully saturated rings. The van der Waals surface area contributed by atoms with Crippen molar-refractivity contribution in [2.24, 2.45) is 0 Å². The number of carbonyl (C=O) groups excluding carboxylic acids is 1. The van der Waals surface area contributed by atoms with E-state index in [0.717, 1.165) is 42.6 Å². The Balaban J connectivity index is 2.13. The zero-order valence-electron chi connectivity index (χ0n) is 10.7. The number of hydrogen-bond donors (Lipinski definition) is 0. The van der Waals surface area contributed by atoms with Crippen molar-refractivity contribution in [3.8, 4) is 5.75 Å².